The third kappa shape index (κ3) is 6.97. The number of allylic oxidation sites excluding steroid dienone is 12. The first kappa shape index (κ1) is 33.5. The van der Waals surface area contributed by atoms with Crippen molar-refractivity contribution in [1.82, 2.24) is 0 Å². The fraction of sp³-hybridized carbons (Fsp3) is 0.545. The molecule has 1 heteroatoms. The highest BCUT2D eigenvalue weighted by molar-refractivity contribution is 5.77. The Morgan fingerprint density at radius 1 is 0.933 bits per heavy atom. The van der Waals surface area contributed by atoms with Gasteiger partial charge in [0.15, 0.2) is 0 Å². The maximum absolute atomic E-state index is 14.0. The molecule has 1 aromatic carbocycles. The standard InChI is InChI=1S/C44H57F/c1-8-15-37-31(10-3)17-13-19-39(37)42-28-35(27-33(12-5)34-21-23-36(45)24-22-34)44(43-26-30(7)29(6)25-41(42)43)40-20-14-18-32(11-4)38(40)16-9-2/h10,12-13,17,20-24,27,29-30,32,37-39,41-42H,8-9,11,15-16,19,25-26,28H2,1-7H3/b31-10-,33-12+,35-27+. The van der Waals surface area contributed by atoms with E-state index in [-0.39, 0.29) is 5.82 Å². The van der Waals surface area contributed by atoms with Gasteiger partial charge in [0.05, 0.1) is 0 Å². The predicted octanol–water partition coefficient (Wildman–Crippen LogP) is 12.5. The molecule has 240 valence electrons. The lowest BCUT2D eigenvalue weighted by Crippen LogP contribution is -2.40. The van der Waals surface area contributed by atoms with Crippen LogP contribution >= 0.6 is 0 Å². The summed E-state index contributed by atoms with van der Waals surface area (Å²) in [6.45, 7) is 16.4. The Morgan fingerprint density at radius 2 is 1.67 bits per heavy atom. The molecule has 0 aliphatic heterocycles. The van der Waals surface area contributed by atoms with Crippen LogP contribution < -0.4 is 0 Å². The Morgan fingerprint density at radius 3 is 2.33 bits per heavy atom. The number of rotatable bonds is 9. The molecule has 1 saturated carbocycles. The van der Waals surface area contributed by atoms with Crippen molar-refractivity contribution in [2.24, 2.45) is 47.3 Å². The minimum absolute atomic E-state index is 0.179. The first-order chi connectivity index (χ1) is 21.8. The van der Waals surface area contributed by atoms with Crippen LogP contribution in [0, 0.1) is 65.0 Å². The smallest absolute Gasteiger partial charge is 0.123 e. The van der Waals surface area contributed by atoms with Crippen molar-refractivity contribution in [3.63, 3.8) is 0 Å². The van der Waals surface area contributed by atoms with Crippen molar-refractivity contribution in [3.05, 3.63) is 100.0 Å². The lowest BCUT2D eigenvalue weighted by molar-refractivity contribution is 0.127. The Balaban J connectivity index is 1.73. The fourth-order valence-corrected chi connectivity index (χ4v) is 9.35. The zero-order chi connectivity index (χ0) is 32.1. The zero-order valence-corrected chi connectivity index (χ0v) is 29.1. The summed E-state index contributed by atoms with van der Waals surface area (Å²) in [6, 6.07) is 7.10. The number of hydrogen-bond donors (Lipinski definition) is 0. The summed E-state index contributed by atoms with van der Waals surface area (Å²) in [5.41, 5.74) is 10.2. The Labute approximate surface area is 274 Å². The maximum Gasteiger partial charge on any atom is 0.123 e. The van der Waals surface area contributed by atoms with E-state index in [1.165, 1.54) is 61.7 Å². The van der Waals surface area contributed by atoms with E-state index in [1.54, 1.807) is 28.9 Å². The molecule has 0 bridgehead atoms. The van der Waals surface area contributed by atoms with E-state index < -0.39 is 0 Å². The molecule has 1 fully saturated rings. The summed E-state index contributed by atoms with van der Waals surface area (Å²) in [6.07, 6.45) is 25.1. The fourth-order valence-electron chi connectivity index (χ4n) is 9.35. The summed E-state index contributed by atoms with van der Waals surface area (Å²) >= 11 is 0. The van der Waals surface area contributed by atoms with Crippen LogP contribution in [0.2, 0.25) is 0 Å². The largest absolute Gasteiger partial charge is 0.207 e. The van der Waals surface area contributed by atoms with Gasteiger partial charge in [-0.05, 0) is 152 Å². The molecule has 4 aliphatic rings. The SMILES string of the molecule is C/C=C(\C=C1/CC(C2CC=C/C(=C/C)C2CCC)C2CC(C)C(C)CC2=C1C1=CC#CC(CC)C1CCC)c1ccc(F)cc1. The van der Waals surface area contributed by atoms with Crippen molar-refractivity contribution in [3.8, 4) is 11.8 Å². The van der Waals surface area contributed by atoms with Crippen LogP contribution in [0.1, 0.15) is 112 Å². The molecule has 5 rings (SSSR count). The average molecular weight is 605 g/mol. The van der Waals surface area contributed by atoms with Crippen LogP contribution in [-0.4, -0.2) is 0 Å². The molecular weight excluding hydrogens is 547 g/mol. The molecule has 1 aromatic rings. The molecule has 4 aliphatic carbocycles. The normalized spacial score (nSPS) is 33.6. The van der Waals surface area contributed by atoms with E-state index >= 15 is 0 Å². The van der Waals surface area contributed by atoms with E-state index in [2.05, 4.69) is 96.8 Å². The molecule has 0 spiro atoms. The molecule has 0 aromatic heterocycles. The van der Waals surface area contributed by atoms with Gasteiger partial charge in [0.25, 0.3) is 0 Å². The van der Waals surface area contributed by atoms with Crippen molar-refractivity contribution >= 4 is 5.57 Å². The molecule has 8 atom stereocenters. The zero-order valence-electron chi connectivity index (χ0n) is 29.1. The summed E-state index contributed by atoms with van der Waals surface area (Å²) in [7, 11) is 0. The minimum Gasteiger partial charge on any atom is -0.207 e. The number of hydrogen-bond acceptors (Lipinski definition) is 0. The highest BCUT2D eigenvalue weighted by Crippen LogP contribution is 2.57. The van der Waals surface area contributed by atoms with Gasteiger partial charge in [-0.25, -0.2) is 4.39 Å². The lowest BCUT2D eigenvalue weighted by Gasteiger charge is -2.50. The van der Waals surface area contributed by atoms with Gasteiger partial charge in [-0.3, -0.25) is 0 Å². The van der Waals surface area contributed by atoms with Crippen LogP contribution in [0.15, 0.2) is 88.6 Å². The first-order valence-electron chi connectivity index (χ1n) is 18.2. The third-order valence-corrected chi connectivity index (χ3v) is 11.9. The van der Waals surface area contributed by atoms with Gasteiger partial charge in [-0.15, -0.1) is 0 Å². The number of halogens is 1. The molecule has 0 heterocycles. The number of benzene rings is 1. The monoisotopic (exact) mass is 604 g/mol. The van der Waals surface area contributed by atoms with Gasteiger partial charge in [0.1, 0.15) is 5.82 Å². The summed E-state index contributed by atoms with van der Waals surface area (Å²) in [5, 5.41) is 0. The van der Waals surface area contributed by atoms with Gasteiger partial charge in [0, 0.05) is 5.92 Å². The average Bonchev–Trinajstić information content (AvgIpc) is 3.05. The predicted molar refractivity (Wildman–Crippen MR) is 192 cm³/mol. The molecule has 45 heavy (non-hydrogen) atoms. The van der Waals surface area contributed by atoms with Crippen LogP contribution in [0.5, 0.6) is 0 Å². The van der Waals surface area contributed by atoms with Gasteiger partial charge in [0.2, 0.25) is 0 Å². The van der Waals surface area contributed by atoms with E-state index in [0.29, 0.717) is 41.4 Å². The second-order valence-corrected chi connectivity index (χ2v) is 14.5. The molecule has 0 nitrogen and oxygen atoms in total. The summed E-state index contributed by atoms with van der Waals surface area (Å²) in [4.78, 5) is 0. The molecule has 0 radical (unpaired) electrons. The maximum atomic E-state index is 14.0. The van der Waals surface area contributed by atoms with E-state index in [1.807, 2.05) is 12.1 Å². The van der Waals surface area contributed by atoms with Crippen LogP contribution in [0.3, 0.4) is 0 Å². The topological polar surface area (TPSA) is 0 Å². The molecule has 0 amide bonds. The Kier molecular flexibility index (Phi) is 11.3. The van der Waals surface area contributed by atoms with Crippen LogP contribution in [-0.2, 0) is 0 Å². The van der Waals surface area contributed by atoms with Gasteiger partial charge in [-0.2, -0.15) is 0 Å². The molecule has 0 saturated heterocycles. The van der Waals surface area contributed by atoms with Gasteiger partial charge in [-0.1, -0.05) is 107 Å². The first-order valence-corrected chi connectivity index (χ1v) is 18.2. The van der Waals surface area contributed by atoms with Gasteiger partial charge < -0.3 is 0 Å². The molecule has 8 unspecified atom stereocenters. The Hall–Kier alpha value is -2.85. The van der Waals surface area contributed by atoms with Crippen molar-refractivity contribution in [2.45, 2.75) is 106 Å². The quantitative estimate of drug-likeness (QED) is 0.246. The minimum atomic E-state index is -0.179. The Bertz CT molecular complexity index is 1440. The van der Waals surface area contributed by atoms with Crippen molar-refractivity contribution in [2.75, 3.05) is 0 Å². The van der Waals surface area contributed by atoms with E-state index in [4.69, 9.17) is 0 Å². The highest BCUT2D eigenvalue weighted by atomic mass is 19.1. The van der Waals surface area contributed by atoms with Crippen LogP contribution in [0.25, 0.3) is 5.57 Å². The lowest BCUT2D eigenvalue weighted by atomic mass is 9.54. The second-order valence-electron chi connectivity index (χ2n) is 14.5. The second kappa shape index (κ2) is 15.2. The summed E-state index contributed by atoms with van der Waals surface area (Å²) in [5.74, 6) is 11.8. The van der Waals surface area contributed by atoms with Crippen molar-refractivity contribution in [1.29, 1.82) is 0 Å². The van der Waals surface area contributed by atoms with E-state index in [9.17, 15) is 4.39 Å². The van der Waals surface area contributed by atoms with Crippen molar-refractivity contribution < 1.29 is 4.39 Å². The van der Waals surface area contributed by atoms with E-state index in [0.717, 1.165) is 24.3 Å². The molecular formula is C44H57F. The van der Waals surface area contributed by atoms with Crippen LogP contribution in [0.4, 0.5) is 4.39 Å². The molecule has 0 N–H and O–H groups in total. The third-order valence-electron chi connectivity index (χ3n) is 11.9. The summed E-state index contributed by atoms with van der Waals surface area (Å²) < 4.78 is 14.0. The number of fused-ring (bicyclic) bond motifs is 1. The van der Waals surface area contributed by atoms with Gasteiger partial charge >= 0.3 is 0 Å². The highest BCUT2D eigenvalue weighted by Gasteiger charge is 2.46.